The quantitative estimate of drug-likeness (QED) is 0.826. The number of aryl methyl sites for hydroxylation is 1. The van der Waals surface area contributed by atoms with E-state index in [4.69, 9.17) is 0 Å². The molecule has 3 rings (SSSR count). The predicted octanol–water partition coefficient (Wildman–Crippen LogP) is 4.37. The van der Waals surface area contributed by atoms with Crippen molar-refractivity contribution in [3.63, 3.8) is 0 Å². The number of carbonyl (C=O) groups excluding carboxylic acids is 1. The summed E-state index contributed by atoms with van der Waals surface area (Å²) in [6, 6.07) is 15.8. The molecule has 21 heavy (non-hydrogen) atoms. The number of para-hydroxylation sites is 1. The Bertz CT molecular complexity index is 637. The van der Waals surface area contributed by atoms with Gasteiger partial charge < -0.3 is 5.32 Å². The third kappa shape index (κ3) is 2.92. The highest BCUT2D eigenvalue weighted by molar-refractivity contribution is 6.02. The normalized spacial score (nSPS) is 14.2. The SMILES string of the molecule is Cc1cccc2c1CCCCN2C(=O)Nc1ccccc1. The predicted molar refractivity (Wildman–Crippen MR) is 86.9 cm³/mol. The number of hydrogen-bond acceptors (Lipinski definition) is 1. The second-order valence-electron chi connectivity index (χ2n) is 5.48. The Balaban J connectivity index is 1.88. The highest BCUT2D eigenvalue weighted by Crippen LogP contribution is 2.29. The first-order valence-corrected chi connectivity index (χ1v) is 7.48. The summed E-state index contributed by atoms with van der Waals surface area (Å²) in [6.45, 7) is 2.90. The lowest BCUT2D eigenvalue weighted by Crippen LogP contribution is -2.35. The maximum Gasteiger partial charge on any atom is 0.326 e. The van der Waals surface area contributed by atoms with Crippen LogP contribution in [0, 0.1) is 6.92 Å². The van der Waals surface area contributed by atoms with E-state index in [1.54, 1.807) is 0 Å². The van der Waals surface area contributed by atoms with Crippen molar-refractivity contribution in [1.82, 2.24) is 0 Å². The highest BCUT2D eigenvalue weighted by atomic mass is 16.2. The molecule has 1 aliphatic heterocycles. The maximum atomic E-state index is 12.6. The Morgan fingerprint density at radius 1 is 1.05 bits per heavy atom. The standard InChI is InChI=1S/C18H20N2O/c1-14-8-7-12-17-16(14)11-5-6-13-20(17)18(21)19-15-9-3-2-4-10-15/h2-4,7-10,12H,5-6,11,13H2,1H3,(H,19,21). The van der Waals surface area contributed by atoms with Crippen molar-refractivity contribution in [2.45, 2.75) is 26.2 Å². The number of carbonyl (C=O) groups is 1. The van der Waals surface area contributed by atoms with Gasteiger partial charge in [0, 0.05) is 17.9 Å². The Kier molecular flexibility index (Phi) is 3.91. The lowest BCUT2D eigenvalue weighted by Gasteiger charge is -2.24. The topological polar surface area (TPSA) is 32.3 Å². The number of urea groups is 1. The number of fused-ring (bicyclic) bond motifs is 1. The lowest BCUT2D eigenvalue weighted by molar-refractivity contribution is 0.257. The summed E-state index contributed by atoms with van der Waals surface area (Å²) in [4.78, 5) is 14.5. The number of anilines is 2. The molecule has 0 fully saturated rings. The molecular formula is C18H20N2O. The monoisotopic (exact) mass is 280 g/mol. The van der Waals surface area contributed by atoms with Gasteiger partial charge in [-0.15, -0.1) is 0 Å². The first-order chi connectivity index (χ1) is 10.3. The van der Waals surface area contributed by atoms with Crippen LogP contribution in [0.4, 0.5) is 16.2 Å². The molecule has 2 aromatic carbocycles. The fourth-order valence-corrected chi connectivity index (χ4v) is 2.88. The number of rotatable bonds is 1. The Morgan fingerprint density at radius 3 is 2.67 bits per heavy atom. The first kappa shape index (κ1) is 13.7. The van der Waals surface area contributed by atoms with E-state index in [0.717, 1.165) is 37.2 Å². The van der Waals surface area contributed by atoms with Crippen molar-refractivity contribution in [2.24, 2.45) is 0 Å². The van der Waals surface area contributed by atoms with Gasteiger partial charge in [0.15, 0.2) is 0 Å². The molecule has 0 saturated carbocycles. The van der Waals surface area contributed by atoms with Crippen molar-refractivity contribution >= 4 is 17.4 Å². The van der Waals surface area contributed by atoms with E-state index in [2.05, 4.69) is 24.4 Å². The van der Waals surface area contributed by atoms with Crippen molar-refractivity contribution < 1.29 is 4.79 Å². The van der Waals surface area contributed by atoms with Crippen molar-refractivity contribution in [1.29, 1.82) is 0 Å². The molecule has 0 aliphatic carbocycles. The number of nitrogens with one attached hydrogen (secondary N) is 1. The minimum atomic E-state index is -0.0463. The summed E-state index contributed by atoms with van der Waals surface area (Å²) in [6.07, 6.45) is 3.22. The minimum absolute atomic E-state index is 0.0463. The minimum Gasteiger partial charge on any atom is -0.308 e. The van der Waals surface area contributed by atoms with Crippen LogP contribution in [0.1, 0.15) is 24.0 Å². The van der Waals surface area contributed by atoms with E-state index in [1.807, 2.05) is 41.3 Å². The highest BCUT2D eigenvalue weighted by Gasteiger charge is 2.21. The molecule has 0 radical (unpaired) electrons. The number of amides is 2. The van der Waals surface area contributed by atoms with E-state index in [0.29, 0.717) is 0 Å². The second kappa shape index (κ2) is 6.00. The molecule has 2 aromatic rings. The molecule has 1 aliphatic rings. The molecule has 1 heterocycles. The van der Waals surface area contributed by atoms with Gasteiger partial charge in [-0.05, 0) is 55.5 Å². The van der Waals surface area contributed by atoms with E-state index in [1.165, 1.54) is 11.1 Å². The molecule has 1 N–H and O–H groups in total. The third-order valence-electron chi connectivity index (χ3n) is 4.01. The van der Waals surface area contributed by atoms with Crippen LogP contribution in [0.5, 0.6) is 0 Å². The van der Waals surface area contributed by atoms with Crippen LogP contribution in [0.25, 0.3) is 0 Å². The number of hydrogen-bond donors (Lipinski definition) is 1. The summed E-state index contributed by atoms with van der Waals surface area (Å²) < 4.78 is 0. The largest absolute Gasteiger partial charge is 0.326 e. The van der Waals surface area contributed by atoms with Gasteiger partial charge in [-0.3, -0.25) is 4.90 Å². The van der Waals surface area contributed by atoms with Crippen LogP contribution in [-0.4, -0.2) is 12.6 Å². The zero-order chi connectivity index (χ0) is 14.7. The lowest BCUT2D eigenvalue weighted by atomic mass is 10.0. The van der Waals surface area contributed by atoms with E-state index < -0.39 is 0 Å². The van der Waals surface area contributed by atoms with Crippen LogP contribution in [0.2, 0.25) is 0 Å². The van der Waals surface area contributed by atoms with Crippen LogP contribution in [-0.2, 0) is 6.42 Å². The molecule has 3 nitrogen and oxygen atoms in total. The Labute approximate surface area is 125 Å². The zero-order valence-electron chi connectivity index (χ0n) is 12.3. The van der Waals surface area contributed by atoms with Gasteiger partial charge in [-0.2, -0.15) is 0 Å². The molecule has 0 unspecified atom stereocenters. The smallest absolute Gasteiger partial charge is 0.308 e. The fraction of sp³-hybridized carbons (Fsp3) is 0.278. The molecule has 108 valence electrons. The molecule has 0 atom stereocenters. The summed E-state index contributed by atoms with van der Waals surface area (Å²) >= 11 is 0. The van der Waals surface area contributed by atoms with Gasteiger partial charge in [0.05, 0.1) is 0 Å². The summed E-state index contributed by atoms with van der Waals surface area (Å²) in [5.74, 6) is 0. The molecule has 0 aromatic heterocycles. The number of nitrogens with zero attached hydrogens (tertiary/aromatic N) is 1. The second-order valence-corrected chi connectivity index (χ2v) is 5.48. The van der Waals surface area contributed by atoms with Crippen molar-refractivity contribution in [2.75, 3.05) is 16.8 Å². The van der Waals surface area contributed by atoms with Gasteiger partial charge in [-0.25, -0.2) is 4.79 Å². The summed E-state index contributed by atoms with van der Waals surface area (Å²) in [7, 11) is 0. The average Bonchev–Trinajstić information content (AvgIpc) is 2.72. The molecule has 0 bridgehead atoms. The van der Waals surface area contributed by atoms with Crippen LogP contribution in [0.15, 0.2) is 48.5 Å². The van der Waals surface area contributed by atoms with Gasteiger partial charge >= 0.3 is 6.03 Å². The zero-order valence-corrected chi connectivity index (χ0v) is 12.3. The summed E-state index contributed by atoms with van der Waals surface area (Å²) in [5.41, 5.74) is 4.46. The van der Waals surface area contributed by atoms with Crippen molar-refractivity contribution in [3.8, 4) is 0 Å². The van der Waals surface area contributed by atoms with E-state index >= 15 is 0 Å². The molecular weight excluding hydrogens is 260 g/mol. The van der Waals surface area contributed by atoms with Gasteiger partial charge in [0.25, 0.3) is 0 Å². The molecule has 2 amide bonds. The van der Waals surface area contributed by atoms with Crippen molar-refractivity contribution in [3.05, 3.63) is 59.7 Å². The third-order valence-corrected chi connectivity index (χ3v) is 4.01. The number of benzene rings is 2. The van der Waals surface area contributed by atoms with Gasteiger partial charge in [0.1, 0.15) is 0 Å². The van der Waals surface area contributed by atoms with Gasteiger partial charge in [0.2, 0.25) is 0 Å². The maximum absolute atomic E-state index is 12.6. The van der Waals surface area contributed by atoms with Crippen LogP contribution in [0.3, 0.4) is 0 Å². The molecule has 3 heteroatoms. The van der Waals surface area contributed by atoms with Crippen LogP contribution < -0.4 is 10.2 Å². The van der Waals surface area contributed by atoms with Crippen LogP contribution >= 0.6 is 0 Å². The van der Waals surface area contributed by atoms with E-state index in [-0.39, 0.29) is 6.03 Å². The Morgan fingerprint density at radius 2 is 1.86 bits per heavy atom. The summed E-state index contributed by atoms with van der Waals surface area (Å²) in [5, 5.41) is 2.99. The van der Waals surface area contributed by atoms with E-state index in [9.17, 15) is 4.79 Å². The first-order valence-electron chi connectivity index (χ1n) is 7.48. The average molecular weight is 280 g/mol. The molecule has 0 saturated heterocycles. The Hall–Kier alpha value is -2.29. The van der Waals surface area contributed by atoms with Gasteiger partial charge in [-0.1, -0.05) is 30.3 Å². The fourth-order valence-electron chi connectivity index (χ4n) is 2.88. The molecule has 0 spiro atoms.